The van der Waals surface area contributed by atoms with Gasteiger partial charge in [-0.15, -0.1) is 11.3 Å². The molecule has 0 N–H and O–H groups in total. The first-order valence-electron chi connectivity index (χ1n) is 7.27. The first-order valence-corrected chi connectivity index (χ1v) is 8.08. The predicted octanol–water partition coefficient (Wildman–Crippen LogP) is 2.21. The van der Waals surface area contributed by atoms with Gasteiger partial charge in [0.1, 0.15) is 5.82 Å². The molecule has 0 unspecified atom stereocenters. The summed E-state index contributed by atoms with van der Waals surface area (Å²) in [5.74, 6) is 0.948. The van der Waals surface area contributed by atoms with Gasteiger partial charge >= 0.3 is 0 Å². The molecule has 1 amide bonds. The van der Waals surface area contributed by atoms with Crippen LogP contribution in [0.3, 0.4) is 0 Å². The highest BCUT2D eigenvalue weighted by Crippen LogP contribution is 2.17. The molecular formula is C16H18N4OS. The number of hydrogen-bond acceptors (Lipinski definition) is 5. The molecule has 1 aliphatic heterocycles. The van der Waals surface area contributed by atoms with Crippen LogP contribution in [0.15, 0.2) is 36.8 Å². The first kappa shape index (κ1) is 14.7. The smallest absolute Gasteiger partial charge is 0.246 e. The van der Waals surface area contributed by atoms with Crippen molar-refractivity contribution in [1.29, 1.82) is 0 Å². The standard InChI is InChI=1S/C16H18N4OS/c1-13-2-3-14(22-13)4-5-16(21)20-10-8-19(9-11-20)15-12-17-6-7-18-15/h2-7,12H,8-11H2,1H3/b5-4-. The van der Waals surface area contributed by atoms with Crippen LogP contribution < -0.4 is 4.90 Å². The molecule has 1 saturated heterocycles. The maximum atomic E-state index is 12.2. The first-order chi connectivity index (χ1) is 10.7. The third-order valence-corrected chi connectivity index (χ3v) is 4.58. The zero-order valence-corrected chi connectivity index (χ0v) is 13.3. The zero-order chi connectivity index (χ0) is 15.4. The van der Waals surface area contributed by atoms with Crippen LogP contribution in [0.5, 0.6) is 0 Å². The SMILES string of the molecule is Cc1ccc(/C=C\C(=O)N2CCN(c3cnccn3)CC2)s1. The van der Waals surface area contributed by atoms with Crippen molar-refractivity contribution in [2.75, 3.05) is 31.1 Å². The molecule has 0 aromatic carbocycles. The lowest BCUT2D eigenvalue weighted by Gasteiger charge is -2.34. The number of aromatic nitrogens is 2. The number of piperazine rings is 1. The molecule has 114 valence electrons. The van der Waals surface area contributed by atoms with Crippen molar-refractivity contribution in [3.8, 4) is 0 Å². The summed E-state index contributed by atoms with van der Waals surface area (Å²) in [6, 6.07) is 4.10. The normalized spacial score (nSPS) is 15.5. The van der Waals surface area contributed by atoms with E-state index < -0.39 is 0 Å². The topological polar surface area (TPSA) is 49.3 Å². The maximum Gasteiger partial charge on any atom is 0.246 e. The number of hydrogen-bond donors (Lipinski definition) is 0. The molecule has 3 heterocycles. The van der Waals surface area contributed by atoms with E-state index in [1.807, 2.05) is 17.0 Å². The predicted molar refractivity (Wildman–Crippen MR) is 88.9 cm³/mol. The van der Waals surface area contributed by atoms with Crippen molar-refractivity contribution in [1.82, 2.24) is 14.9 Å². The van der Waals surface area contributed by atoms with Gasteiger partial charge in [-0.2, -0.15) is 0 Å². The lowest BCUT2D eigenvalue weighted by Crippen LogP contribution is -2.48. The van der Waals surface area contributed by atoms with E-state index in [-0.39, 0.29) is 5.91 Å². The van der Waals surface area contributed by atoms with Gasteiger partial charge in [0, 0.05) is 54.4 Å². The molecule has 2 aromatic heterocycles. The molecule has 0 atom stereocenters. The average molecular weight is 314 g/mol. The van der Waals surface area contributed by atoms with Crippen LogP contribution in [0.2, 0.25) is 0 Å². The molecule has 1 aliphatic rings. The van der Waals surface area contributed by atoms with Gasteiger partial charge in [0.2, 0.25) is 5.91 Å². The second-order valence-corrected chi connectivity index (χ2v) is 6.48. The minimum Gasteiger partial charge on any atom is -0.352 e. The highest BCUT2D eigenvalue weighted by atomic mass is 32.1. The van der Waals surface area contributed by atoms with Crippen molar-refractivity contribution in [2.45, 2.75) is 6.92 Å². The third kappa shape index (κ3) is 3.51. The average Bonchev–Trinajstić information content (AvgIpc) is 2.99. The number of carbonyl (C=O) groups is 1. The molecule has 22 heavy (non-hydrogen) atoms. The van der Waals surface area contributed by atoms with Crippen LogP contribution in [-0.2, 0) is 4.79 Å². The van der Waals surface area contributed by atoms with Crippen molar-refractivity contribution in [2.24, 2.45) is 0 Å². The van der Waals surface area contributed by atoms with Gasteiger partial charge in [0.15, 0.2) is 0 Å². The molecule has 6 heteroatoms. The minimum atomic E-state index is 0.0739. The zero-order valence-electron chi connectivity index (χ0n) is 12.5. The number of aryl methyl sites for hydroxylation is 1. The van der Waals surface area contributed by atoms with Gasteiger partial charge < -0.3 is 9.80 Å². The third-order valence-electron chi connectivity index (χ3n) is 3.62. The van der Waals surface area contributed by atoms with Crippen LogP contribution in [0.25, 0.3) is 6.08 Å². The van der Waals surface area contributed by atoms with Gasteiger partial charge in [-0.3, -0.25) is 9.78 Å². The molecule has 1 fully saturated rings. The Bertz CT molecular complexity index is 660. The van der Waals surface area contributed by atoms with E-state index in [9.17, 15) is 4.79 Å². The van der Waals surface area contributed by atoms with E-state index in [1.165, 1.54) is 4.88 Å². The maximum absolute atomic E-state index is 12.2. The van der Waals surface area contributed by atoms with Gasteiger partial charge in [-0.1, -0.05) is 0 Å². The van der Waals surface area contributed by atoms with Crippen molar-refractivity contribution in [3.05, 3.63) is 46.6 Å². The molecule has 2 aromatic rings. The minimum absolute atomic E-state index is 0.0739. The van der Waals surface area contributed by atoms with Crippen LogP contribution in [0, 0.1) is 6.92 Å². The van der Waals surface area contributed by atoms with Gasteiger partial charge in [0.05, 0.1) is 6.20 Å². The van der Waals surface area contributed by atoms with Crippen molar-refractivity contribution in [3.63, 3.8) is 0 Å². The quantitative estimate of drug-likeness (QED) is 0.815. The number of carbonyl (C=O) groups excluding carboxylic acids is 1. The Hall–Kier alpha value is -2.21. The molecule has 0 bridgehead atoms. The Morgan fingerprint density at radius 2 is 2.05 bits per heavy atom. The fourth-order valence-corrected chi connectivity index (χ4v) is 3.19. The number of nitrogens with zero attached hydrogens (tertiary/aromatic N) is 4. The molecule has 0 aliphatic carbocycles. The number of thiophene rings is 1. The highest BCUT2D eigenvalue weighted by Gasteiger charge is 2.20. The van der Waals surface area contributed by atoms with Crippen molar-refractivity contribution < 1.29 is 4.79 Å². The second kappa shape index (κ2) is 6.70. The number of rotatable bonds is 3. The summed E-state index contributed by atoms with van der Waals surface area (Å²) in [5, 5.41) is 0. The number of amides is 1. The van der Waals surface area contributed by atoms with Gasteiger partial charge in [0.25, 0.3) is 0 Å². The Labute approximate surface area is 133 Å². The van der Waals surface area contributed by atoms with Crippen LogP contribution in [0.4, 0.5) is 5.82 Å². The molecule has 0 saturated carbocycles. The molecule has 3 rings (SSSR count). The van der Waals surface area contributed by atoms with E-state index in [1.54, 1.807) is 36.0 Å². The Morgan fingerprint density at radius 3 is 2.68 bits per heavy atom. The van der Waals surface area contributed by atoms with Crippen molar-refractivity contribution >= 4 is 29.1 Å². The second-order valence-electron chi connectivity index (χ2n) is 5.16. The lowest BCUT2D eigenvalue weighted by molar-refractivity contribution is -0.126. The Balaban J connectivity index is 1.55. The van der Waals surface area contributed by atoms with Crippen LogP contribution >= 0.6 is 11.3 Å². The summed E-state index contributed by atoms with van der Waals surface area (Å²) in [5.41, 5.74) is 0. The van der Waals surface area contributed by atoms with E-state index in [0.29, 0.717) is 13.1 Å². The van der Waals surface area contributed by atoms with E-state index >= 15 is 0 Å². The Morgan fingerprint density at radius 1 is 1.23 bits per heavy atom. The van der Waals surface area contributed by atoms with Crippen LogP contribution in [0.1, 0.15) is 9.75 Å². The summed E-state index contributed by atoms with van der Waals surface area (Å²) in [6.45, 7) is 5.06. The summed E-state index contributed by atoms with van der Waals surface area (Å²) in [4.78, 5) is 27.0. The summed E-state index contributed by atoms with van der Waals surface area (Å²) >= 11 is 1.69. The molecule has 0 radical (unpaired) electrons. The summed E-state index contributed by atoms with van der Waals surface area (Å²) < 4.78 is 0. The molecule has 5 nitrogen and oxygen atoms in total. The highest BCUT2D eigenvalue weighted by molar-refractivity contribution is 7.12. The molecule has 0 spiro atoms. The largest absolute Gasteiger partial charge is 0.352 e. The van der Waals surface area contributed by atoms with E-state index in [4.69, 9.17) is 0 Å². The van der Waals surface area contributed by atoms with E-state index in [2.05, 4.69) is 27.9 Å². The van der Waals surface area contributed by atoms with E-state index in [0.717, 1.165) is 23.8 Å². The van der Waals surface area contributed by atoms with Gasteiger partial charge in [-0.25, -0.2) is 4.98 Å². The van der Waals surface area contributed by atoms with Crippen LogP contribution in [-0.4, -0.2) is 47.0 Å². The summed E-state index contributed by atoms with van der Waals surface area (Å²) in [6.07, 6.45) is 8.69. The fourth-order valence-electron chi connectivity index (χ4n) is 2.41. The summed E-state index contributed by atoms with van der Waals surface area (Å²) in [7, 11) is 0. The fraction of sp³-hybridized carbons (Fsp3) is 0.312. The molecular weight excluding hydrogens is 296 g/mol. The Kier molecular flexibility index (Phi) is 4.48. The monoisotopic (exact) mass is 314 g/mol. The van der Waals surface area contributed by atoms with Gasteiger partial charge in [-0.05, 0) is 25.1 Å². The number of anilines is 1. The lowest BCUT2D eigenvalue weighted by atomic mass is 10.3.